The van der Waals surface area contributed by atoms with Crippen molar-refractivity contribution in [3.63, 3.8) is 0 Å². The molecule has 0 bridgehead atoms. The third-order valence-electron chi connectivity index (χ3n) is 17.0. The summed E-state index contributed by atoms with van der Waals surface area (Å²) in [5.41, 5.74) is -16.1. The molecule has 0 amide bonds. The molecule has 4 unspecified atom stereocenters. The quantitative estimate of drug-likeness (QED) is 0.0118. The summed E-state index contributed by atoms with van der Waals surface area (Å²) in [6.07, 6.45) is -18.3. The standard InChI is InChI=1S/3C23H29F2N2O10P/c3*1-13(2)35-20(30)14(3)11-38(33,37-15-7-5-4-6-8-15)34-10-17-18(28)23(32,12-24)21(36-17)27-9-16(25)19(29)26-22(27)31/h3*4-9,13-14,17-18,21,28,32H,10-12H2,1-3H3,(H,26,29,31)/t14-,17-,18+,21-,23?,38?;14-,17-,18+,21-,23?,38+;14-,17-,18+,21-,23?,38-/m111/s1. The van der Waals surface area contributed by atoms with E-state index in [-0.39, 0.29) is 17.2 Å². The van der Waals surface area contributed by atoms with E-state index in [4.69, 9.17) is 55.6 Å². The summed E-state index contributed by atoms with van der Waals surface area (Å²) in [5, 5.41) is 64.2. The maximum absolute atomic E-state index is 13.9. The van der Waals surface area contributed by atoms with Crippen LogP contribution in [0.4, 0.5) is 26.3 Å². The van der Waals surface area contributed by atoms with Crippen LogP contribution in [-0.4, -0.2) is 207 Å². The fourth-order valence-electron chi connectivity index (χ4n) is 11.2. The lowest BCUT2D eigenvalue weighted by atomic mass is 9.95. The average molecular weight is 1690 g/mol. The Hall–Kier alpha value is -8.70. The smallest absolute Gasteiger partial charge is 0.380 e. The van der Waals surface area contributed by atoms with Gasteiger partial charge in [0.25, 0.3) is 16.7 Å². The minimum absolute atomic E-state index is 0.140. The molecule has 3 aliphatic heterocycles. The predicted octanol–water partition coefficient (Wildman–Crippen LogP) is 4.53. The molecule has 36 nitrogen and oxygen atoms in total. The van der Waals surface area contributed by atoms with E-state index < -0.39 is 258 Å². The van der Waals surface area contributed by atoms with Crippen LogP contribution in [0.15, 0.2) is 138 Å². The molecule has 6 aromatic rings. The van der Waals surface area contributed by atoms with Crippen LogP contribution in [0.25, 0.3) is 0 Å². The van der Waals surface area contributed by atoms with Gasteiger partial charge in [0.05, 0.1) is 93.0 Å². The number of ether oxygens (including phenoxy) is 6. The SMILES string of the molecule is CC(C)OC(=O)[C@H](C)CP(=O)(OC[C@H]1O[C@@H](n2cc(F)c(=O)[nH]c2=O)C(O)(CF)[C@H]1O)Oc1ccccc1.CC(C)OC(=O)[C@H](C)C[P@@](=O)(OC[C@H]1O[C@@H](n2cc(F)c(=O)[nH]c2=O)C(O)(CF)[C@H]1O)Oc1ccccc1.CC(C)OC(=O)[C@H](C)C[P@](=O)(OC[C@H]1O[C@@H](n2cc(F)c(=O)[nH]c2=O)C(O)(CF)[C@H]1O)Oc1ccccc1. The summed E-state index contributed by atoms with van der Waals surface area (Å²) in [6.45, 7) is 7.01. The Morgan fingerprint density at radius 2 is 0.640 bits per heavy atom. The van der Waals surface area contributed by atoms with Crippen molar-refractivity contribution < 1.29 is 141 Å². The fraction of sp³-hybridized carbons (Fsp3) is 0.522. The second kappa shape index (κ2) is 39.3. The average Bonchev–Trinajstić information content (AvgIpc) is 1.62. The van der Waals surface area contributed by atoms with Gasteiger partial charge in [-0.1, -0.05) is 75.4 Å². The summed E-state index contributed by atoms with van der Waals surface area (Å²) in [7, 11) is -12.5. The summed E-state index contributed by atoms with van der Waals surface area (Å²) < 4.78 is 190. The molecule has 9 N–H and O–H groups in total. The molecule has 6 heterocycles. The third-order valence-corrected chi connectivity index (χ3v) is 23.1. The van der Waals surface area contributed by atoms with Gasteiger partial charge in [-0.15, -0.1) is 0 Å². The number of aliphatic hydroxyl groups is 6. The molecule has 0 aliphatic carbocycles. The van der Waals surface area contributed by atoms with Crippen molar-refractivity contribution in [2.24, 2.45) is 17.8 Å². The maximum Gasteiger partial charge on any atom is 0.380 e. The Labute approximate surface area is 643 Å². The Balaban J connectivity index is 0.000000237. The first-order chi connectivity index (χ1) is 53.4. The molecule has 0 saturated carbocycles. The van der Waals surface area contributed by atoms with Crippen molar-refractivity contribution in [3.05, 3.63) is 190 Å². The number of hydrogen-bond donors (Lipinski definition) is 9. The number of carbonyl (C=O) groups excluding carboxylic acids is 3. The third kappa shape index (κ3) is 23.1. The van der Waals surface area contributed by atoms with Crippen molar-refractivity contribution in [2.75, 3.05) is 58.3 Å². The van der Waals surface area contributed by atoms with Gasteiger partial charge in [0.1, 0.15) is 73.9 Å². The molecule has 0 radical (unpaired) electrons. The van der Waals surface area contributed by atoms with Gasteiger partial charge >= 0.3 is 57.8 Å². The van der Waals surface area contributed by atoms with Gasteiger partial charge in [-0.3, -0.25) is 71.0 Å². The molecule has 18 atom stereocenters. The first-order valence-electron chi connectivity index (χ1n) is 34.8. The number of rotatable bonds is 33. The summed E-state index contributed by atoms with van der Waals surface area (Å²) in [6, 6.07) is 23.6. The maximum atomic E-state index is 13.9. The molecule has 3 saturated heterocycles. The first kappa shape index (κ1) is 92.5. The summed E-state index contributed by atoms with van der Waals surface area (Å²) in [4.78, 5) is 113. The van der Waals surface area contributed by atoms with Crippen molar-refractivity contribution >= 4 is 40.7 Å². The Morgan fingerprint density at radius 1 is 0.421 bits per heavy atom. The van der Waals surface area contributed by atoms with Crippen LogP contribution in [0.1, 0.15) is 81.0 Å². The molecule has 114 heavy (non-hydrogen) atoms. The van der Waals surface area contributed by atoms with Gasteiger partial charge in [-0.2, -0.15) is 13.2 Å². The number of nitrogens with zero attached hydrogens (tertiary/aromatic N) is 3. The van der Waals surface area contributed by atoms with E-state index >= 15 is 0 Å². The molecule has 9 rings (SSSR count). The van der Waals surface area contributed by atoms with Gasteiger partial charge in [0.2, 0.25) is 17.5 Å². The van der Waals surface area contributed by atoms with Gasteiger partial charge in [0, 0.05) is 0 Å². The topological polar surface area (TPSA) is 499 Å². The zero-order valence-electron chi connectivity index (χ0n) is 62.3. The Bertz CT molecular complexity index is 4330. The number of nitrogens with one attached hydrogen (secondary N) is 3. The number of esters is 3. The highest BCUT2D eigenvalue weighted by atomic mass is 31.2. The molecule has 3 fully saturated rings. The number of aromatic nitrogens is 6. The molecular weight excluding hydrogens is 1600 g/mol. The van der Waals surface area contributed by atoms with Crippen LogP contribution in [0.5, 0.6) is 17.2 Å². The van der Waals surface area contributed by atoms with Gasteiger partial charge in [-0.25, -0.2) is 41.3 Å². The minimum Gasteiger partial charge on any atom is -0.463 e. The van der Waals surface area contributed by atoms with E-state index in [0.717, 1.165) is 0 Å². The summed E-state index contributed by atoms with van der Waals surface area (Å²) in [5.74, 6) is -8.68. The lowest BCUT2D eigenvalue weighted by molar-refractivity contribution is -0.152. The second-order valence-corrected chi connectivity index (χ2v) is 33.4. The van der Waals surface area contributed by atoms with E-state index in [1.165, 1.54) is 57.2 Å². The Kier molecular flexibility index (Phi) is 31.9. The van der Waals surface area contributed by atoms with Crippen molar-refractivity contribution in [2.45, 2.75) is 153 Å². The van der Waals surface area contributed by atoms with Gasteiger partial charge in [-0.05, 0) is 77.9 Å². The highest BCUT2D eigenvalue weighted by Gasteiger charge is 2.60. The number of H-pyrrole nitrogens is 3. The number of aliphatic hydroxyl groups excluding tert-OH is 3. The number of hydrogen-bond acceptors (Lipinski definition) is 30. The van der Waals surface area contributed by atoms with Crippen LogP contribution in [-0.2, 0) is 70.1 Å². The van der Waals surface area contributed by atoms with Crippen LogP contribution in [0, 0.1) is 35.2 Å². The lowest BCUT2D eigenvalue weighted by Crippen LogP contribution is -2.51. The Morgan fingerprint density at radius 3 is 0.842 bits per heavy atom. The largest absolute Gasteiger partial charge is 0.463 e. The highest BCUT2D eigenvalue weighted by Crippen LogP contribution is 2.54. The number of alkyl halides is 3. The monoisotopic (exact) mass is 1690 g/mol. The van der Waals surface area contributed by atoms with Gasteiger partial charge < -0.3 is 72.6 Å². The zero-order valence-corrected chi connectivity index (χ0v) is 65.0. The molecule has 3 aromatic heterocycles. The number of para-hydroxylation sites is 3. The molecule has 3 aromatic carbocycles. The van der Waals surface area contributed by atoms with Crippen molar-refractivity contribution in [3.8, 4) is 17.2 Å². The van der Waals surface area contributed by atoms with E-state index in [1.807, 2.05) is 0 Å². The van der Waals surface area contributed by atoms with E-state index in [9.17, 15) is 114 Å². The predicted molar refractivity (Wildman–Crippen MR) is 384 cm³/mol. The first-order valence-corrected chi connectivity index (χ1v) is 40.0. The molecular formula is C69H87F6N6O30P3. The number of halogens is 6. The lowest BCUT2D eigenvalue weighted by Gasteiger charge is -2.28. The van der Waals surface area contributed by atoms with Crippen molar-refractivity contribution in [1.29, 1.82) is 0 Å². The normalized spacial score (nSPS) is 25.6. The fourth-order valence-corrected chi connectivity index (χ4v) is 16.8. The zero-order chi connectivity index (χ0) is 84.8. The minimum atomic E-state index is -4.18. The van der Waals surface area contributed by atoms with Crippen molar-refractivity contribution in [1.82, 2.24) is 28.7 Å². The second-order valence-electron chi connectivity index (χ2n) is 27.4. The van der Waals surface area contributed by atoms with E-state index in [1.54, 1.807) is 111 Å². The van der Waals surface area contributed by atoms with Crippen LogP contribution in [0.3, 0.4) is 0 Å². The molecule has 45 heteroatoms. The number of benzene rings is 3. The molecule has 630 valence electrons. The van der Waals surface area contributed by atoms with Crippen LogP contribution < -0.4 is 47.3 Å². The number of aromatic amines is 3. The number of carbonyl (C=O) groups is 3. The van der Waals surface area contributed by atoms with E-state index in [0.29, 0.717) is 32.3 Å². The molecule has 0 spiro atoms. The van der Waals surface area contributed by atoms with Crippen LogP contribution in [0.2, 0.25) is 0 Å². The molecule has 3 aliphatic rings. The van der Waals surface area contributed by atoms with Crippen LogP contribution >= 0.6 is 22.8 Å². The van der Waals surface area contributed by atoms with E-state index in [2.05, 4.69) is 0 Å². The highest BCUT2D eigenvalue weighted by molar-refractivity contribution is 7.55. The van der Waals surface area contributed by atoms with Gasteiger partial charge in [0.15, 0.2) is 35.5 Å². The summed E-state index contributed by atoms with van der Waals surface area (Å²) >= 11 is 0.